The van der Waals surface area contributed by atoms with E-state index in [1.165, 1.54) is 12.1 Å². The second-order valence-electron chi connectivity index (χ2n) is 5.90. The molecule has 0 fully saturated rings. The molecular weight excluding hydrogens is 305 g/mol. The predicted molar refractivity (Wildman–Crippen MR) is 92.4 cm³/mol. The van der Waals surface area contributed by atoms with E-state index in [-0.39, 0.29) is 11.4 Å². The highest BCUT2D eigenvalue weighted by Crippen LogP contribution is 2.11. The van der Waals surface area contributed by atoms with Crippen molar-refractivity contribution in [2.45, 2.75) is 26.9 Å². The first kappa shape index (κ1) is 16.3. The van der Waals surface area contributed by atoms with E-state index in [0.717, 1.165) is 23.4 Å². The van der Waals surface area contributed by atoms with Crippen LogP contribution in [0.4, 0.5) is 4.39 Å². The van der Waals surface area contributed by atoms with Crippen molar-refractivity contribution in [1.29, 1.82) is 0 Å². The lowest BCUT2D eigenvalue weighted by Gasteiger charge is -2.20. The Morgan fingerprint density at radius 3 is 2.62 bits per heavy atom. The summed E-state index contributed by atoms with van der Waals surface area (Å²) >= 11 is 0. The van der Waals surface area contributed by atoms with Gasteiger partial charge in [-0.05, 0) is 42.8 Å². The Hall–Kier alpha value is -2.53. The van der Waals surface area contributed by atoms with Crippen LogP contribution in [-0.2, 0) is 13.1 Å². The molecule has 0 spiro atoms. The van der Waals surface area contributed by atoms with Crippen molar-refractivity contribution in [3.63, 3.8) is 0 Å². The highest BCUT2D eigenvalue weighted by molar-refractivity contribution is 5.46. The van der Waals surface area contributed by atoms with Gasteiger partial charge in [0, 0.05) is 25.4 Å². The minimum atomic E-state index is -0.235. The number of nitrogens with zero attached hydrogens (tertiary/aromatic N) is 3. The zero-order chi connectivity index (χ0) is 17.1. The summed E-state index contributed by atoms with van der Waals surface area (Å²) in [4.78, 5) is 19.1. The summed E-state index contributed by atoms with van der Waals surface area (Å²) in [7, 11) is 0. The zero-order valence-corrected chi connectivity index (χ0v) is 13.9. The van der Waals surface area contributed by atoms with Gasteiger partial charge in [0.25, 0.3) is 5.56 Å². The lowest BCUT2D eigenvalue weighted by Crippen LogP contribution is -2.25. The molecule has 0 N–H and O–H groups in total. The van der Waals surface area contributed by atoms with Crippen LogP contribution in [0.3, 0.4) is 0 Å². The largest absolute Gasteiger partial charge is 0.294 e. The second-order valence-corrected chi connectivity index (χ2v) is 5.90. The normalized spacial score (nSPS) is 11.3. The summed E-state index contributed by atoms with van der Waals surface area (Å²) in [6.07, 6.45) is 1.73. The van der Waals surface area contributed by atoms with Crippen LogP contribution in [0.1, 0.15) is 23.7 Å². The van der Waals surface area contributed by atoms with Gasteiger partial charge in [-0.3, -0.25) is 14.1 Å². The van der Waals surface area contributed by atoms with E-state index in [4.69, 9.17) is 0 Å². The highest BCUT2D eigenvalue weighted by Gasteiger charge is 2.09. The molecule has 2 heterocycles. The molecule has 0 saturated carbocycles. The molecule has 4 nitrogen and oxygen atoms in total. The summed E-state index contributed by atoms with van der Waals surface area (Å²) in [5, 5.41) is 0. The Kier molecular flexibility index (Phi) is 4.71. The molecule has 0 bridgehead atoms. The van der Waals surface area contributed by atoms with Gasteiger partial charge in [0.1, 0.15) is 11.5 Å². The highest BCUT2D eigenvalue weighted by atomic mass is 19.1. The van der Waals surface area contributed by atoms with Crippen molar-refractivity contribution in [3.8, 4) is 0 Å². The van der Waals surface area contributed by atoms with Crippen LogP contribution in [0, 0.1) is 12.7 Å². The zero-order valence-electron chi connectivity index (χ0n) is 13.9. The van der Waals surface area contributed by atoms with Gasteiger partial charge in [-0.15, -0.1) is 0 Å². The standard InChI is InChI=1S/C19H20FN3O/c1-3-22(12-15-6-8-16(20)9-7-15)13-17-11-18(24)23-10-4-5-14(2)19(23)21-17/h4-11H,3,12-13H2,1-2H3. The number of rotatable bonds is 5. The van der Waals surface area contributed by atoms with E-state index in [0.29, 0.717) is 18.7 Å². The average molecular weight is 325 g/mol. The first-order valence-electron chi connectivity index (χ1n) is 8.01. The number of hydrogen-bond donors (Lipinski definition) is 0. The average Bonchev–Trinajstić information content (AvgIpc) is 2.57. The Labute approximate surface area is 140 Å². The fraction of sp³-hybridized carbons (Fsp3) is 0.263. The van der Waals surface area contributed by atoms with Crippen LogP contribution in [-0.4, -0.2) is 20.8 Å². The lowest BCUT2D eigenvalue weighted by molar-refractivity contribution is 0.268. The summed E-state index contributed by atoms with van der Waals surface area (Å²) in [5.41, 5.74) is 3.37. The molecule has 0 aliphatic carbocycles. The van der Waals surface area contributed by atoms with Gasteiger partial charge in [-0.1, -0.05) is 25.1 Å². The van der Waals surface area contributed by atoms with Crippen LogP contribution in [0.25, 0.3) is 5.65 Å². The molecule has 3 aromatic rings. The van der Waals surface area contributed by atoms with Crippen molar-refractivity contribution in [2.24, 2.45) is 0 Å². The number of aryl methyl sites for hydroxylation is 1. The van der Waals surface area contributed by atoms with E-state index < -0.39 is 0 Å². The fourth-order valence-electron chi connectivity index (χ4n) is 2.75. The third-order valence-corrected chi connectivity index (χ3v) is 4.09. The van der Waals surface area contributed by atoms with Gasteiger partial charge in [-0.25, -0.2) is 9.37 Å². The molecule has 0 unspecified atom stereocenters. The van der Waals surface area contributed by atoms with E-state index in [1.807, 2.05) is 19.1 Å². The van der Waals surface area contributed by atoms with Crippen LogP contribution < -0.4 is 5.56 Å². The van der Waals surface area contributed by atoms with Gasteiger partial charge in [0.2, 0.25) is 0 Å². The molecule has 0 amide bonds. The minimum absolute atomic E-state index is 0.0727. The quantitative estimate of drug-likeness (QED) is 0.723. The lowest BCUT2D eigenvalue weighted by atomic mass is 10.2. The smallest absolute Gasteiger partial charge is 0.258 e. The van der Waals surface area contributed by atoms with Crippen LogP contribution >= 0.6 is 0 Å². The Bertz CT molecular complexity index is 903. The third kappa shape index (κ3) is 3.51. The SMILES string of the molecule is CCN(Cc1ccc(F)cc1)Cc1cc(=O)n2cccc(C)c2n1. The maximum absolute atomic E-state index is 13.0. The summed E-state index contributed by atoms with van der Waals surface area (Å²) in [6, 6.07) is 11.9. The molecule has 0 saturated heterocycles. The fourth-order valence-corrected chi connectivity index (χ4v) is 2.75. The number of halogens is 1. The van der Waals surface area contributed by atoms with E-state index >= 15 is 0 Å². The number of fused-ring (bicyclic) bond motifs is 1. The van der Waals surface area contributed by atoms with E-state index in [1.54, 1.807) is 28.8 Å². The molecule has 0 aliphatic heterocycles. The van der Waals surface area contributed by atoms with Gasteiger partial charge < -0.3 is 0 Å². The molecule has 2 aromatic heterocycles. The van der Waals surface area contributed by atoms with E-state index in [2.05, 4.69) is 16.8 Å². The van der Waals surface area contributed by atoms with Crippen molar-refractivity contribution >= 4 is 5.65 Å². The molecule has 0 aliphatic rings. The second kappa shape index (κ2) is 6.93. The summed E-state index contributed by atoms with van der Waals surface area (Å²) in [6.45, 7) is 6.08. The van der Waals surface area contributed by atoms with Gasteiger partial charge in [0.05, 0.1) is 5.69 Å². The van der Waals surface area contributed by atoms with Crippen molar-refractivity contribution in [3.05, 3.63) is 81.7 Å². The summed E-state index contributed by atoms with van der Waals surface area (Å²) < 4.78 is 14.6. The molecule has 1 aromatic carbocycles. The van der Waals surface area contributed by atoms with Gasteiger partial charge in [-0.2, -0.15) is 0 Å². The number of hydrogen-bond acceptors (Lipinski definition) is 3. The van der Waals surface area contributed by atoms with Gasteiger partial charge >= 0.3 is 0 Å². The molecule has 0 radical (unpaired) electrons. The topological polar surface area (TPSA) is 37.6 Å². The molecule has 5 heteroatoms. The first-order chi connectivity index (χ1) is 11.6. The molecular formula is C19H20FN3O. The number of aromatic nitrogens is 2. The van der Waals surface area contributed by atoms with Crippen molar-refractivity contribution in [1.82, 2.24) is 14.3 Å². The monoisotopic (exact) mass is 325 g/mol. The Balaban J connectivity index is 1.85. The van der Waals surface area contributed by atoms with Crippen LogP contribution in [0.15, 0.2) is 53.5 Å². The Morgan fingerprint density at radius 2 is 1.92 bits per heavy atom. The third-order valence-electron chi connectivity index (χ3n) is 4.09. The summed E-state index contributed by atoms with van der Waals surface area (Å²) in [5.74, 6) is -0.235. The molecule has 0 atom stereocenters. The first-order valence-corrected chi connectivity index (χ1v) is 8.01. The van der Waals surface area contributed by atoms with E-state index in [9.17, 15) is 9.18 Å². The minimum Gasteiger partial charge on any atom is -0.294 e. The Morgan fingerprint density at radius 1 is 1.17 bits per heavy atom. The number of benzene rings is 1. The van der Waals surface area contributed by atoms with Gasteiger partial charge in [0.15, 0.2) is 0 Å². The van der Waals surface area contributed by atoms with Crippen LogP contribution in [0.5, 0.6) is 0 Å². The molecule has 124 valence electrons. The maximum Gasteiger partial charge on any atom is 0.258 e. The maximum atomic E-state index is 13.0. The predicted octanol–water partition coefficient (Wildman–Crippen LogP) is 3.16. The van der Waals surface area contributed by atoms with Crippen LogP contribution in [0.2, 0.25) is 0 Å². The molecule has 24 heavy (non-hydrogen) atoms. The molecule has 3 rings (SSSR count). The van der Waals surface area contributed by atoms with Crippen molar-refractivity contribution < 1.29 is 4.39 Å². The number of pyridine rings is 1. The van der Waals surface area contributed by atoms with Crippen molar-refractivity contribution in [2.75, 3.05) is 6.54 Å².